The van der Waals surface area contributed by atoms with E-state index in [9.17, 15) is 0 Å². The van der Waals surface area contributed by atoms with Crippen LogP contribution in [0.5, 0.6) is 0 Å². The molecular weight excluding hydrogens is 1260 g/mol. The molecular formula is C66H46Au2OP2+2. The second-order valence-electron chi connectivity index (χ2n) is 17.3. The average molecular weight is 1310 g/mol. The first kappa shape index (κ1) is 49.4. The van der Waals surface area contributed by atoms with Crippen LogP contribution in [-0.4, -0.2) is 0 Å². The number of rotatable bonds is 6. The fourth-order valence-corrected chi connectivity index (χ4v) is 16.2. The third-order valence-corrected chi connectivity index (χ3v) is 19.0. The zero-order chi connectivity index (χ0) is 46.5. The molecule has 10 aromatic carbocycles. The van der Waals surface area contributed by atoms with Crippen LogP contribution in [0.15, 0.2) is 247 Å². The van der Waals surface area contributed by atoms with E-state index in [1.807, 2.05) is 24.3 Å². The van der Waals surface area contributed by atoms with Crippen LogP contribution < -0.4 is 31.8 Å². The van der Waals surface area contributed by atoms with Gasteiger partial charge in [-0.1, -0.05) is 186 Å². The van der Waals surface area contributed by atoms with E-state index in [-0.39, 0.29) is 44.8 Å². The summed E-state index contributed by atoms with van der Waals surface area (Å²) in [6, 6.07) is 86.5. The third kappa shape index (κ3) is 10.0. The van der Waals surface area contributed by atoms with Crippen molar-refractivity contribution in [3.05, 3.63) is 289 Å². The van der Waals surface area contributed by atoms with Crippen LogP contribution >= 0.6 is 15.8 Å². The summed E-state index contributed by atoms with van der Waals surface area (Å²) in [6.07, 6.45) is 16.6. The smallest absolute Gasteiger partial charge is 0.456 e. The summed E-state index contributed by atoms with van der Waals surface area (Å²) in [7, 11) is -2.65. The van der Waals surface area contributed by atoms with Gasteiger partial charge in [-0.05, 0) is 95.8 Å². The molecule has 0 bridgehead atoms. The van der Waals surface area contributed by atoms with Gasteiger partial charge in [0.1, 0.15) is 58.8 Å². The normalized spacial score (nSPS) is 11.3. The van der Waals surface area contributed by atoms with Crippen molar-refractivity contribution in [2.75, 3.05) is 0 Å². The molecule has 0 atom stereocenters. The van der Waals surface area contributed by atoms with Crippen molar-refractivity contribution in [3.63, 3.8) is 0 Å². The Kier molecular flexibility index (Phi) is 15.8. The van der Waals surface area contributed by atoms with E-state index in [0.717, 1.165) is 35.1 Å². The summed E-state index contributed by atoms with van der Waals surface area (Å²) in [6.45, 7) is 0. The van der Waals surface area contributed by atoms with E-state index >= 15 is 0 Å². The zero-order valence-electron chi connectivity index (χ0n) is 38.5. The molecule has 0 unspecified atom stereocenters. The van der Waals surface area contributed by atoms with Crippen molar-refractivity contribution in [1.82, 2.24) is 0 Å². The summed E-state index contributed by atoms with van der Waals surface area (Å²) in [4.78, 5) is 0. The van der Waals surface area contributed by atoms with Crippen LogP contribution in [0.4, 0.5) is 0 Å². The second-order valence-corrected chi connectivity index (χ2v) is 22.2. The Hall–Kier alpha value is -6.54. The van der Waals surface area contributed by atoms with Crippen LogP contribution in [0.2, 0.25) is 0 Å². The molecule has 1 nitrogen and oxygen atoms in total. The minimum Gasteiger partial charge on any atom is -0.456 e. The number of benzene rings is 10. The van der Waals surface area contributed by atoms with Crippen molar-refractivity contribution >= 4 is 69.6 Å². The molecule has 13 rings (SSSR count). The van der Waals surface area contributed by atoms with Crippen molar-refractivity contribution in [3.8, 4) is 34.1 Å². The summed E-state index contributed by atoms with van der Waals surface area (Å²) in [5, 5.41) is 10.8. The predicted octanol–water partition coefficient (Wildman–Crippen LogP) is 13.0. The van der Waals surface area contributed by atoms with Crippen molar-refractivity contribution in [1.29, 1.82) is 0 Å². The molecule has 346 valence electrons. The summed E-state index contributed by atoms with van der Waals surface area (Å²) >= 11 is 0. The number of hydrogen-bond donors (Lipinski definition) is 0. The summed E-state index contributed by atoms with van der Waals surface area (Å²) in [5.41, 5.74) is 14.0. The summed E-state index contributed by atoms with van der Waals surface area (Å²) in [5.74, 6) is 5.04. The molecule has 71 heavy (non-hydrogen) atoms. The molecule has 0 aliphatic heterocycles. The Morgan fingerprint density at radius 1 is 0.338 bits per heavy atom. The van der Waals surface area contributed by atoms with Crippen LogP contribution in [0.1, 0.15) is 33.4 Å². The fourth-order valence-electron chi connectivity index (χ4n) is 10.1. The minimum atomic E-state index is -1.33. The molecule has 0 fully saturated rings. The Labute approximate surface area is 451 Å². The number of furan rings is 1. The van der Waals surface area contributed by atoms with Crippen LogP contribution in [0.3, 0.4) is 0 Å². The number of fused-ring (bicyclic) bond motifs is 9. The molecule has 1 aromatic heterocycles. The predicted molar refractivity (Wildman–Crippen MR) is 296 cm³/mol. The largest absolute Gasteiger partial charge is 1.00 e. The van der Waals surface area contributed by atoms with Gasteiger partial charge in [0.25, 0.3) is 0 Å². The Bertz CT molecular complexity index is 3520. The molecule has 0 spiro atoms. The van der Waals surface area contributed by atoms with Gasteiger partial charge in [0, 0.05) is 16.8 Å². The first-order chi connectivity index (χ1) is 34.2. The van der Waals surface area contributed by atoms with Crippen LogP contribution in [0, 0.1) is 24.7 Å². The molecule has 2 aliphatic carbocycles. The first-order valence-corrected chi connectivity index (χ1v) is 26.3. The van der Waals surface area contributed by atoms with E-state index in [0.29, 0.717) is 0 Å². The molecule has 0 N–H and O–H groups in total. The number of para-hydroxylation sites is 1. The summed E-state index contributed by atoms with van der Waals surface area (Å²) < 4.78 is 6.49. The molecule has 2 aliphatic rings. The fraction of sp³-hybridized carbons (Fsp3) is 0.0303. The molecule has 0 saturated heterocycles. The SMILES string of the molecule is [Au+].[Au+].[C-]#Cc1cccc2c1-c1ccccc1C2.[C-]#Cc1cccc2c1-c1ccccc1C2.c1ccc([PH+](c2ccccc2)c2cc3oc4ccccc4c3cc2[PH+](c2ccccc2)c2ccccc2)cc1. The van der Waals surface area contributed by atoms with Gasteiger partial charge in [0.15, 0.2) is 0 Å². The van der Waals surface area contributed by atoms with Crippen molar-refractivity contribution in [2.24, 2.45) is 0 Å². The maximum Gasteiger partial charge on any atom is 1.00 e. The van der Waals surface area contributed by atoms with Gasteiger partial charge in [-0.3, -0.25) is 11.8 Å². The maximum atomic E-state index is 7.30. The van der Waals surface area contributed by atoms with E-state index < -0.39 is 15.8 Å². The van der Waals surface area contributed by atoms with Crippen LogP contribution in [0.25, 0.3) is 44.2 Å². The van der Waals surface area contributed by atoms with Gasteiger partial charge in [0.2, 0.25) is 0 Å². The Morgan fingerprint density at radius 3 is 1.14 bits per heavy atom. The van der Waals surface area contributed by atoms with Crippen molar-refractivity contribution < 1.29 is 49.2 Å². The molecule has 0 radical (unpaired) electrons. The van der Waals surface area contributed by atoms with Gasteiger partial charge in [-0.2, -0.15) is 0 Å². The average Bonchev–Trinajstić information content (AvgIpc) is 4.12. The standard InChI is InChI=1S/C36H26OP2.2C15H9.2Au/c1-5-15-27(16-6-1)38(28-17-7-2-8-18-28)35-25-32-31-23-13-14-24-33(31)37-34(32)26-36(35)39(29-19-9-3-10-20-29)30-21-11-4-12-22-30;2*1-2-11-7-5-8-13-10-12-6-3-4-9-14(12)15(11)13;;/h1-26H;2*3-9H,10H2;;/q;2*-1;2*+1/p+2. The molecule has 0 amide bonds. The monoisotopic (exact) mass is 1310 g/mol. The zero-order valence-corrected chi connectivity index (χ0v) is 44.9. The van der Waals surface area contributed by atoms with Gasteiger partial charge in [-0.15, -0.1) is 23.3 Å². The van der Waals surface area contributed by atoms with E-state index in [1.54, 1.807) is 0 Å². The molecule has 5 heteroatoms. The Morgan fingerprint density at radius 2 is 0.704 bits per heavy atom. The quantitative estimate of drug-likeness (QED) is 0.0700. The minimum absolute atomic E-state index is 0. The topological polar surface area (TPSA) is 13.1 Å². The molecule has 1 heterocycles. The van der Waals surface area contributed by atoms with E-state index in [4.69, 9.17) is 17.3 Å². The van der Waals surface area contributed by atoms with Gasteiger partial charge < -0.3 is 17.3 Å². The van der Waals surface area contributed by atoms with Gasteiger partial charge >= 0.3 is 44.8 Å². The molecule has 0 saturated carbocycles. The van der Waals surface area contributed by atoms with Gasteiger partial charge in [0.05, 0.1) is 0 Å². The maximum absolute atomic E-state index is 7.30. The second kappa shape index (κ2) is 22.7. The van der Waals surface area contributed by atoms with E-state index in [1.165, 1.54) is 87.1 Å². The number of hydrogen-bond acceptors (Lipinski definition) is 1. The van der Waals surface area contributed by atoms with Crippen LogP contribution in [-0.2, 0) is 57.6 Å². The van der Waals surface area contributed by atoms with Crippen molar-refractivity contribution in [2.45, 2.75) is 12.8 Å². The Balaban J connectivity index is 0.000000159. The third-order valence-electron chi connectivity index (χ3n) is 13.2. The molecule has 11 aromatic rings. The van der Waals surface area contributed by atoms with E-state index in [2.05, 4.69) is 230 Å². The van der Waals surface area contributed by atoms with Gasteiger partial charge in [-0.25, -0.2) is 0 Å². The first-order valence-electron chi connectivity index (χ1n) is 23.3.